The van der Waals surface area contributed by atoms with Gasteiger partial charge in [0.1, 0.15) is 5.82 Å². The minimum atomic E-state index is -2.98. The Morgan fingerprint density at radius 1 is 1.24 bits per heavy atom. The predicted molar refractivity (Wildman–Crippen MR) is 67.0 cm³/mol. The van der Waals surface area contributed by atoms with Gasteiger partial charge in [0.25, 0.3) is 0 Å². The summed E-state index contributed by atoms with van der Waals surface area (Å²) in [5.41, 5.74) is 0.938. The number of sulfone groups is 1. The van der Waals surface area contributed by atoms with Crippen molar-refractivity contribution in [1.29, 1.82) is 0 Å². The Balaban J connectivity index is 2.32. The number of rotatable bonds is 6. The summed E-state index contributed by atoms with van der Waals surface area (Å²) in [7, 11) is -2.98. The molecular weight excluding hydrogens is 241 g/mol. The number of benzene rings is 1. The number of halogens is 1. The maximum atomic E-state index is 12.6. The molecule has 0 bridgehead atoms. The van der Waals surface area contributed by atoms with E-state index in [1.54, 1.807) is 26.0 Å². The summed E-state index contributed by atoms with van der Waals surface area (Å²) in [6.07, 6.45) is 0. The van der Waals surface area contributed by atoms with Gasteiger partial charge in [-0.2, -0.15) is 0 Å². The molecule has 96 valence electrons. The van der Waals surface area contributed by atoms with Gasteiger partial charge in [-0.15, -0.1) is 0 Å². The summed E-state index contributed by atoms with van der Waals surface area (Å²) in [4.78, 5) is 0. The highest BCUT2D eigenvalue weighted by atomic mass is 32.2. The van der Waals surface area contributed by atoms with E-state index < -0.39 is 9.84 Å². The van der Waals surface area contributed by atoms with E-state index in [0.717, 1.165) is 5.56 Å². The molecule has 0 saturated carbocycles. The zero-order chi connectivity index (χ0) is 12.9. The monoisotopic (exact) mass is 259 g/mol. The first-order valence-electron chi connectivity index (χ1n) is 5.58. The van der Waals surface area contributed by atoms with Gasteiger partial charge < -0.3 is 5.32 Å². The van der Waals surface area contributed by atoms with E-state index in [1.165, 1.54) is 12.1 Å². The molecule has 0 atom stereocenters. The highest BCUT2D eigenvalue weighted by molar-refractivity contribution is 7.92. The van der Waals surface area contributed by atoms with Crippen molar-refractivity contribution in [3.8, 4) is 0 Å². The Kier molecular flexibility index (Phi) is 5.08. The van der Waals surface area contributed by atoms with Crippen LogP contribution in [0.2, 0.25) is 0 Å². The third kappa shape index (κ3) is 4.83. The summed E-state index contributed by atoms with van der Waals surface area (Å²) in [5, 5.41) is 2.69. The maximum Gasteiger partial charge on any atom is 0.153 e. The molecule has 0 unspecified atom stereocenters. The second-order valence-electron chi connectivity index (χ2n) is 4.22. The van der Waals surface area contributed by atoms with Crippen LogP contribution in [-0.2, 0) is 16.4 Å². The Bertz CT molecular complexity index is 440. The summed E-state index contributed by atoms with van der Waals surface area (Å²) >= 11 is 0. The van der Waals surface area contributed by atoms with E-state index in [-0.39, 0.29) is 16.8 Å². The molecule has 0 aliphatic carbocycles. The third-order valence-corrected chi connectivity index (χ3v) is 4.73. The molecule has 0 radical (unpaired) electrons. The van der Waals surface area contributed by atoms with Crippen LogP contribution in [0, 0.1) is 5.82 Å². The van der Waals surface area contributed by atoms with E-state index >= 15 is 0 Å². The maximum absolute atomic E-state index is 12.6. The lowest BCUT2D eigenvalue weighted by Crippen LogP contribution is -2.27. The minimum Gasteiger partial charge on any atom is -0.312 e. The molecule has 0 fully saturated rings. The predicted octanol–water partition coefficient (Wildman–Crippen LogP) is 1.74. The molecule has 0 heterocycles. The smallest absolute Gasteiger partial charge is 0.153 e. The van der Waals surface area contributed by atoms with Crippen LogP contribution >= 0.6 is 0 Å². The molecule has 1 rings (SSSR count). The first-order valence-corrected chi connectivity index (χ1v) is 7.30. The van der Waals surface area contributed by atoms with E-state index in [4.69, 9.17) is 0 Å². The quantitative estimate of drug-likeness (QED) is 0.792. The minimum absolute atomic E-state index is 0.131. The molecule has 0 aliphatic heterocycles. The van der Waals surface area contributed by atoms with Gasteiger partial charge in [0.2, 0.25) is 0 Å². The van der Waals surface area contributed by atoms with Crippen molar-refractivity contribution in [2.45, 2.75) is 25.6 Å². The standard InChI is InChI=1S/C12H18FNO2S/c1-10(2)17(15,16)8-7-14-9-11-3-5-12(13)6-4-11/h3-6,10,14H,7-9H2,1-2H3. The molecule has 1 aromatic rings. The van der Waals surface area contributed by atoms with Crippen LogP contribution in [0.5, 0.6) is 0 Å². The van der Waals surface area contributed by atoms with Gasteiger partial charge in [0.05, 0.1) is 11.0 Å². The summed E-state index contributed by atoms with van der Waals surface area (Å²) < 4.78 is 35.6. The van der Waals surface area contributed by atoms with Crippen molar-refractivity contribution in [1.82, 2.24) is 5.32 Å². The van der Waals surface area contributed by atoms with Gasteiger partial charge in [-0.3, -0.25) is 0 Å². The van der Waals surface area contributed by atoms with Crippen molar-refractivity contribution >= 4 is 9.84 Å². The average molecular weight is 259 g/mol. The molecule has 5 heteroatoms. The molecule has 1 aromatic carbocycles. The van der Waals surface area contributed by atoms with Gasteiger partial charge in [-0.05, 0) is 31.5 Å². The lowest BCUT2D eigenvalue weighted by atomic mass is 10.2. The first-order chi connectivity index (χ1) is 7.92. The van der Waals surface area contributed by atoms with Crippen molar-refractivity contribution in [3.05, 3.63) is 35.6 Å². The molecule has 17 heavy (non-hydrogen) atoms. The molecular formula is C12H18FNO2S. The van der Waals surface area contributed by atoms with Crippen LogP contribution in [0.1, 0.15) is 19.4 Å². The highest BCUT2D eigenvalue weighted by Crippen LogP contribution is 2.02. The zero-order valence-corrected chi connectivity index (χ0v) is 10.9. The Hall–Kier alpha value is -0.940. The first kappa shape index (κ1) is 14.1. The van der Waals surface area contributed by atoms with Gasteiger partial charge in [0, 0.05) is 13.1 Å². The fourth-order valence-electron chi connectivity index (χ4n) is 1.29. The zero-order valence-electron chi connectivity index (χ0n) is 10.1. The van der Waals surface area contributed by atoms with E-state index in [2.05, 4.69) is 5.32 Å². The van der Waals surface area contributed by atoms with Gasteiger partial charge >= 0.3 is 0 Å². The van der Waals surface area contributed by atoms with Crippen molar-refractivity contribution < 1.29 is 12.8 Å². The van der Waals surface area contributed by atoms with E-state index in [1.807, 2.05) is 0 Å². The van der Waals surface area contributed by atoms with Crippen LogP contribution in [0.4, 0.5) is 4.39 Å². The Morgan fingerprint density at radius 3 is 2.35 bits per heavy atom. The molecule has 0 saturated heterocycles. The molecule has 0 aliphatic rings. The topological polar surface area (TPSA) is 46.2 Å². The van der Waals surface area contributed by atoms with E-state index in [9.17, 15) is 12.8 Å². The normalized spacial score (nSPS) is 12.0. The summed E-state index contributed by atoms with van der Waals surface area (Å²) in [5.74, 6) is -0.137. The van der Waals surface area contributed by atoms with Gasteiger partial charge in [0.15, 0.2) is 9.84 Å². The third-order valence-electron chi connectivity index (χ3n) is 2.52. The van der Waals surface area contributed by atoms with Gasteiger partial charge in [-0.25, -0.2) is 12.8 Å². The largest absolute Gasteiger partial charge is 0.312 e. The van der Waals surface area contributed by atoms with E-state index in [0.29, 0.717) is 13.1 Å². The van der Waals surface area contributed by atoms with Crippen molar-refractivity contribution in [2.75, 3.05) is 12.3 Å². The van der Waals surface area contributed by atoms with Crippen LogP contribution in [0.25, 0.3) is 0 Å². The van der Waals surface area contributed by atoms with Crippen LogP contribution < -0.4 is 5.32 Å². The fourth-order valence-corrected chi connectivity index (χ4v) is 2.19. The van der Waals surface area contributed by atoms with Gasteiger partial charge in [-0.1, -0.05) is 12.1 Å². The SMILES string of the molecule is CC(C)S(=O)(=O)CCNCc1ccc(F)cc1. The lowest BCUT2D eigenvalue weighted by molar-refractivity contribution is 0.582. The second kappa shape index (κ2) is 6.12. The molecule has 3 nitrogen and oxygen atoms in total. The molecule has 1 N–H and O–H groups in total. The highest BCUT2D eigenvalue weighted by Gasteiger charge is 2.14. The molecule has 0 amide bonds. The van der Waals surface area contributed by atoms with Crippen LogP contribution in [-0.4, -0.2) is 26.0 Å². The molecule has 0 aromatic heterocycles. The Labute approximate surface area is 102 Å². The van der Waals surface area contributed by atoms with Crippen LogP contribution in [0.15, 0.2) is 24.3 Å². The number of nitrogens with one attached hydrogen (secondary N) is 1. The lowest BCUT2D eigenvalue weighted by Gasteiger charge is -2.08. The summed E-state index contributed by atoms with van der Waals surface area (Å²) in [6.45, 7) is 4.32. The number of hydrogen-bond acceptors (Lipinski definition) is 3. The fraction of sp³-hybridized carbons (Fsp3) is 0.500. The van der Waals surface area contributed by atoms with Crippen LogP contribution in [0.3, 0.4) is 0 Å². The number of hydrogen-bond donors (Lipinski definition) is 1. The Morgan fingerprint density at radius 2 is 1.82 bits per heavy atom. The molecule has 0 spiro atoms. The average Bonchev–Trinajstić information content (AvgIpc) is 2.26. The summed E-state index contributed by atoms with van der Waals surface area (Å²) in [6, 6.07) is 6.14. The van der Waals surface area contributed by atoms with Crippen molar-refractivity contribution in [3.63, 3.8) is 0 Å². The second-order valence-corrected chi connectivity index (χ2v) is 6.90. The van der Waals surface area contributed by atoms with Crippen molar-refractivity contribution in [2.24, 2.45) is 0 Å².